The molecule has 0 spiro atoms. The summed E-state index contributed by atoms with van der Waals surface area (Å²) in [5, 5.41) is 4.79. The fourth-order valence-corrected chi connectivity index (χ4v) is 7.33. The van der Waals surface area contributed by atoms with Crippen LogP contribution in [0.15, 0.2) is 156 Å². The number of rotatable bonds is 4. The van der Waals surface area contributed by atoms with Crippen molar-refractivity contribution in [1.29, 1.82) is 0 Å². The average molecular weight is 578 g/mol. The third-order valence-corrected chi connectivity index (χ3v) is 9.61. The molecule has 1 aliphatic carbocycles. The zero-order valence-corrected chi connectivity index (χ0v) is 25.3. The molecular weight excluding hydrogens is 546 g/mol. The molecule has 0 atom stereocenters. The van der Waals surface area contributed by atoms with Crippen molar-refractivity contribution in [3.63, 3.8) is 0 Å². The Balaban J connectivity index is 1.16. The summed E-state index contributed by atoms with van der Waals surface area (Å²) in [6.07, 6.45) is 0. The molecule has 0 amide bonds. The van der Waals surface area contributed by atoms with E-state index in [1.807, 2.05) is 12.1 Å². The Morgan fingerprint density at radius 3 is 2.09 bits per heavy atom. The largest absolute Gasteiger partial charge is 0.456 e. The standard InChI is InChI=1S/C43H31NO/c1-43(2)39-17-8-6-15-35(39)37-25-30-20-19-29(23-31(30)26-40(37)43)28-11-10-14-33(24-28)44(32-12-4-3-5-13-32)34-21-22-42-38(27-34)36-16-7-9-18-41(36)45-42/h3-27H,1-2H3. The second-order valence-corrected chi connectivity index (χ2v) is 12.6. The van der Waals surface area contributed by atoms with Gasteiger partial charge >= 0.3 is 0 Å². The SMILES string of the molecule is CC1(C)c2ccccc2-c2cc3ccc(-c4cccc(N(c5ccccc5)c5ccc6oc7ccccc7c6c5)c4)cc3cc21. The van der Waals surface area contributed by atoms with Crippen LogP contribution in [0.1, 0.15) is 25.0 Å². The number of hydrogen-bond acceptors (Lipinski definition) is 2. The van der Waals surface area contributed by atoms with Gasteiger partial charge in [-0.2, -0.15) is 0 Å². The Kier molecular flexibility index (Phi) is 5.58. The first-order chi connectivity index (χ1) is 22.0. The van der Waals surface area contributed by atoms with Crippen LogP contribution in [0.4, 0.5) is 17.1 Å². The normalized spacial score (nSPS) is 13.3. The van der Waals surface area contributed by atoms with Gasteiger partial charge in [0.05, 0.1) is 0 Å². The molecule has 7 aromatic carbocycles. The summed E-state index contributed by atoms with van der Waals surface area (Å²) in [4.78, 5) is 2.33. The van der Waals surface area contributed by atoms with E-state index in [2.05, 4.69) is 158 Å². The van der Waals surface area contributed by atoms with Gasteiger partial charge in [0.15, 0.2) is 0 Å². The highest BCUT2D eigenvalue weighted by molar-refractivity contribution is 6.06. The molecule has 0 aliphatic heterocycles. The minimum Gasteiger partial charge on any atom is -0.456 e. The summed E-state index contributed by atoms with van der Waals surface area (Å²) in [6, 6.07) is 54.8. The van der Waals surface area contributed by atoms with Gasteiger partial charge in [0, 0.05) is 33.2 Å². The van der Waals surface area contributed by atoms with E-state index >= 15 is 0 Å². The second kappa shape index (κ2) is 9.70. The van der Waals surface area contributed by atoms with Crippen LogP contribution in [0, 0.1) is 0 Å². The van der Waals surface area contributed by atoms with Crippen molar-refractivity contribution in [2.24, 2.45) is 0 Å². The predicted molar refractivity (Wildman–Crippen MR) is 189 cm³/mol. The lowest BCUT2D eigenvalue weighted by molar-refractivity contribution is 0.661. The minimum absolute atomic E-state index is 0.0202. The highest BCUT2D eigenvalue weighted by Crippen LogP contribution is 2.50. The monoisotopic (exact) mass is 577 g/mol. The Morgan fingerprint density at radius 1 is 0.444 bits per heavy atom. The molecule has 214 valence electrons. The van der Waals surface area contributed by atoms with Gasteiger partial charge in [-0.1, -0.05) is 98.8 Å². The third kappa shape index (κ3) is 4.03. The summed E-state index contributed by atoms with van der Waals surface area (Å²) < 4.78 is 6.15. The van der Waals surface area contributed by atoms with E-state index in [-0.39, 0.29) is 5.41 Å². The number of benzene rings is 7. The number of nitrogens with zero attached hydrogens (tertiary/aromatic N) is 1. The van der Waals surface area contributed by atoms with Gasteiger partial charge in [0.2, 0.25) is 0 Å². The molecule has 9 rings (SSSR count). The van der Waals surface area contributed by atoms with Gasteiger partial charge in [-0.3, -0.25) is 0 Å². The van der Waals surface area contributed by atoms with Gasteiger partial charge in [-0.25, -0.2) is 0 Å². The van der Waals surface area contributed by atoms with Crippen molar-refractivity contribution >= 4 is 49.8 Å². The molecule has 1 aromatic heterocycles. The Hall–Kier alpha value is -5.60. The molecule has 0 saturated carbocycles. The molecular formula is C43H31NO. The van der Waals surface area contributed by atoms with Crippen molar-refractivity contribution in [3.8, 4) is 22.3 Å². The van der Waals surface area contributed by atoms with E-state index in [0.29, 0.717) is 0 Å². The smallest absolute Gasteiger partial charge is 0.135 e. The summed E-state index contributed by atoms with van der Waals surface area (Å²) in [5.74, 6) is 0. The third-order valence-electron chi connectivity index (χ3n) is 9.61. The maximum absolute atomic E-state index is 6.15. The van der Waals surface area contributed by atoms with Crippen molar-refractivity contribution in [1.82, 2.24) is 0 Å². The molecule has 2 nitrogen and oxygen atoms in total. The number of para-hydroxylation sites is 2. The number of anilines is 3. The molecule has 0 unspecified atom stereocenters. The molecule has 0 bridgehead atoms. The molecule has 0 saturated heterocycles. The molecule has 1 aliphatic rings. The highest BCUT2D eigenvalue weighted by Gasteiger charge is 2.35. The van der Waals surface area contributed by atoms with Crippen LogP contribution < -0.4 is 4.90 Å². The molecule has 45 heavy (non-hydrogen) atoms. The van der Waals surface area contributed by atoms with Crippen molar-refractivity contribution < 1.29 is 4.42 Å². The zero-order valence-electron chi connectivity index (χ0n) is 25.3. The van der Waals surface area contributed by atoms with Crippen LogP contribution in [0.5, 0.6) is 0 Å². The Bertz CT molecular complexity index is 2410. The van der Waals surface area contributed by atoms with Crippen molar-refractivity contribution in [2.45, 2.75) is 19.3 Å². The van der Waals surface area contributed by atoms with Gasteiger partial charge in [-0.05, 0) is 111 Å². The quantitative estimate of drug-likeness (QED) is 0.207. The summed E-state index contributed by atoms with van der Waals surface area (Å²) in [6.45, 7) is 4.69. The number of hydrogen-bond donors (Lipinski definition) is 0. The fraction of sp³-hybridized carbons (Fsp3) is 0.0698. The van der Waals surface area contributed by atoms with Gasteiger partial charge in [-0.15, -0.1) is 0 Å². The average Bonchev–Trinajstić information content (AvgIpc) is 3.56. The summed E-state index contributed by atoms with van der Waals surface area (Å²) >= 11 is 0. The minimum atomic E-state index is -0.0202. The van der Waals surface area contributed by atoms with E-state index in [1.165, 1.54) is 44.2 Å². The predicted octanol–water partition coefficient (Wildman–Crippen LogP) is 12.2. The topological polar surface area (TPSA) is 16.4 Å². The van der Waals surface area contributed by atoms with Crippen LogP contribution in [-0.2, 0) is 5.41 Å². The first-order valence-corrected chi connectivity index (χ1v) is 15.6. The highest BCUT2D eigenvalue weighted by atomic mass is 16.3. The molecule has 0 radical (unpaired) electrons. The molecule has 0 N–H and O–H groups in total. The van der Waals surface area contributed by atoms with Gasteiger partial charge in [0.25, 0.3) is 0 Å². The van der Waals surface area contributed by atoms with Gasteiger partial charge < -0.3 is 9.32 Å². The molecule has 1 heterocycles. The number of fused-ring (bicyclic) bond motifs is 7. The van der Waals surface area contributed by atoms with E-state index < -0.39 is 0 Å². The summed E-state index contributed by atoms with van der Waals surface area (Å²) in [7, 11) is 0. The Labute approximate surface area is 262 Å². The van der Waals surface area contributed by atoms with E-state index in [0.717, 1.165) is 39.0 Å². The van der Waals surface area contributed by atoms with Crippen LogP contribution in [0.2, 0.25) is 0 Å². The maximum atomic E-state index is 6.15. The zero-order chi connectivity index (χ0) is 30.1. The van der Waals surface area contributed by atoms with Crippen LogP contribution in [0.3, 0.4) is 0 Å². The van der Waals surface area contributed by atoms with E-state index in [1.54, 1.807) is 0 Å². The van der Waals surface area contributed by atoms with Crippen LogP contribution >= 0.6 is 0 Å². The van der Waals surface area contributed by atoms with Crippen molar-refractivity contribution in [2.75, 3.05) is 4.90 Å². The van der Waals surface area contributed by atoms with Crippen LogP contribution in [0.25, 0.3) is 55.0 Å². The lowest BCUT2D eigenvalue weighted by Gasteiger charge is -2.26. The Morgan fingerprint density at radius 2 is 1.18 bits per heavy atom. The van der Waals surface area contributed by atoms with E-state index in [9.17, 15) is 0 Å². The summed E-state index contributed by atoms with van der Waals surface area (Å²) in [5.41, 5.74) is 13.0. The van der Waals surface area contributed by atoms with Crippen molar-refractivity contribution in [3.05, 3.63) is 163 Å². The first kappa shape index (κ1) is 25.9. The molecule has 0 fully saturated rings. The lowest BCUT2D eigenvalue weighted by atomic mass is 9.82. The fourth-order valence-electron chi connectivity index (χ4n) is 7.33. The van der Waals surface area contributed by atoms with Crippen LogP contribution in [-0.4, -0.2) is 0 Å². The molecule has 2 heteroatoms. The first-order valence-electron chi connectivity index (χ1n) is 15.6. The second-order valence-electron chi connectivity index (χ2n) is 12.6. The molecule has 8 aromatic rings. The lowest BCUT2D eigenvalue weighted by Crippen LogP contribution is -2.14. The number of furan rings is 1. The van der Waals surface area contributed by atoms with Gasteiger partial charge in [0.1, 0.15) is 11.2 Å². The van der Waals surface area contributed by atoms with E-state index in [4.69, 9.17) is 4.42 Å². The maximum Gasteiger partial charge on any atom is 0.135 e.